The first-order valence-corrected chi connectivity index (χ1v) is 17.7. The van der Waals surface area contributed by atoms with Crippen LogP contribution in [0.4, 0.5) is 13.2 Å². The SMILES string of the molecule is CC(=O)O[C@H]1C[C@@]2(C)C(C[C@@H](O)[C@H]3[C@@]4(C)CC[C@@H](O)[C@@H](C)C4CC[C@@]32C)/C1=C(\CCC(=C(C)C)C(F)(F)F)C(=O)OCOC(=O)C(C)(C)C. The number of hydrogen-bond acceptors (Lipinski definition) is 8. The summed E-state index contributed by atoms with van der Waals surface area (Å²) in [5.74, 6) is -2.53. The normalized spacial score (nSPS) is 38.4. The minimum absolute atomic E-state index is 0.0432. The Morgan fingerprint density at radius 2 is 1.53 bits per heavy atom. The van der Waals surface area contributed by atoms with Crippen LogP contribution in [-0.4, -0.2) is 59.4 Å². The highest BCUT2D eigenvalue weighted by Gasteiger charge is 2.71. The van der Waals surface area contributed by atoms with Crippen LogP contribution in [0.25, 0.3) is 0 Å². The molecule has 0 aliphatic heterocycles. The fourth-order valence-corrected chi connectivity index (χ4v) is 10.6. The highest BCUT2D eigenvalue weighted by Crippen LogP contribution is 2.74. The number of fused-ring (bicyclic) bond motifs is 5. The second-order valence-corrected chi connectivity index (χ2v) is 17.2. The third-order valence-electron chi connectivity index (χ3n) is 13.2. The monoisotopic (exact) mass is 698 g/mol. The van der Waals surface area contributed by atoms with E-state index in [0.29, 0.717) is 18.4 Å². The Morgan fingerprint density at radius 1 is 0.898 bits per heavy atom. The summed E-state index contributed by atoms with van der Waals surface area (Å²) in [6.07, 6.45) is -4.11. The molecule has 4 rings (SSSR count). The molecule has 0 aromatic heterocycles. The zero-order chi connectivity index (χ0) is 37.1. The summed E-state index contributed by atoms with van der Waals surface area (Å²) in [7, 11) is 0. The maximum Gasteiger partial charge on any atom is 0.412 e. The zero-order valence-corrected chi connectivity index (χ0v) is 30.9. The van der Waals surface area contributed by atoms with E-state index >= 15 is 0 Å². The van der Waals surface area contributed by atoms with E-state index < -0.39 is 83.3 Å². The molecule has 278 valence electrons. The molecule has 4 fully saturated rings. The van der Waals surface area contributed by atoms with Gasteiger partial charge in [-0.15, -0.1) is 0 Å². The predicted molar refractivity (Wildman–Crippen MR) is 176 cm³/mol. The molecule has 4 aliphatic carbocycles. The van der Waals surface area contributed by atoms with Crippen LogP contribution in [0.15, 0.2) is 22.3 Å². The smallest absolute Gasteiger partial charge is 0.412 e. The van der Waals surface area contributed by atoms with E-state index in [-0.39, 0.29) is 47.2 Å². The van der Waals surface area contributed by atoms with E-state index in [2.05, 4.69) is 27.7 Å². The first kappa shape index (κ1) is 39.4. The average Bonchev–Trinajstić information content (AvgIpc) is 3.22. The van der Waals surface area contributed by atoms with Crippen molar-refractivity contribution in [3.63, 3.8) is 0 Å². The molecule has 0 amide bonds. The molecule has 0 bridgehead atoms. The zero-order valence-electron chi connectivity index (χ0n) is 30.9. The predicted octanol–water partition coefficient (Wildman–Crippen LogP) is 7.60. The van der Waals surface area contributed by atoms with Gasteiger partial charge >= 0.3 is 24.1 Å². The number of ether oxygens (including phenoxy) is 3. The Hall–Kier alpha value is -2.40. The quantitative estimate of drug-likeness (QED) is 0.121. The van der Waals surface area contributed by atoms with Crippen molar-refractivity contribution in [2.24, 2.45) is 45.3 Å². The van der Waals surface area contributed by atoms with Gasteiger partial charge in [0.15, 0.2) is 0 Å². The van der Waals surface area contributed by atoms with Crippen molar-refractivity contribution in [1.82, 2.24) is 0 Å². The lowest BCUT2D eigenvalue weighted by Gasteiger charge is -2.69. The summed E-state index contributed by atoms with van der Waals surface area (Å²) >= 11 is 0. The Balaban J connectivity index is 1.84. The van der Waals surface area contributed by atoms with Crippen molar-refractivity contribution < 1.29 is 52.0 Å². The van der Waals surface area contributed by atoms with Crippen molar-refractivity contribution in [3.05, 3.63) is 22.3 Å². The molecule has 0 spiro atoms. The van der Waals surface area contributed by atoms with E-state index in [9.17, 15) is 37.8 Å². The molecule has 2 N–H and O–H groups in total. The highest BCUT2D eigenvalue weighted by atomic mass is 19.4. The van der Waals surface area contributed by atoms with Gasteiger partial charge in [-0.1, -0.05) is 33.3 Å². The molecule has 0 heterocycles. The molecule has 0 radical (unpaired) electrons. The van der Waals surface area contributed by atoms with Gasteiger partial charge in [-0.2, -0.15) is 13.2 Å². The average molecular weight is 699 g/mol. The van der Waals surface area contributed by atoms with Crippen molar-refractivity contribution in [1.29, 1.82) is 0 Å². The molecule has 10 atom stereocenters. The summed E-state index contributed by atoms with van der Waals surface area (Å²) in [5.41, 5.74) is -2.59. The molecule has 8 nitrogen and oxygen atoms in total. The number of aliphatic hydroxyl groups is 2. The van der Waals surface area contributed by atoms with E-state index in [0.717, 1.165) is 19.3 Å². The molecule has 11 heteroatoms. The van der Waals surface area contributed by atoms with Crippen LogP contribution < -0.4 is 0 Å². The van der Waals surface area contributed by atoms with Gasteiger partial charge in [0.25, 0.3) is 0 Å². The van der Waals surface area contributed by atoms with Gasteiger partial charge in [0.05, 0.1) is 17.6 Å². The van der Waals surface area contributed by atoms with Crippen molar-refractivity contribution in [2.45, 2.75) is 145 Å². The van der Waals surface area contributed by atoms with Crippen LogP contribution in [0.3, 0.4) is 0 Å². The minimum atomic E-state index is -4.62. The molecule has 0 saturated heterocycles. The van der Waals surface area contributed by atoms with Crippen molar-refractivity contribution >= 4 is 17.9 Å². The van der Waals surface area contributed by atoms with Crippen molar-refractivity contribution in [2.75, 3.05) is 6.79 Å². The first-order valence-electron chi connectivity index (χ1n) is 17.7. The summed E-state index contributed by atoms with van der Waals surface area (Å²) in [6.45, 7) is 16.8. The number of rotatable bonds is 7. The second kappa shape index (κ2) is 13.6. The third kappa shape index (κ3) is 7.09. The highest BCUT2D eigenvalue weighted by molar-refractivity contribution is 5.90. The van der Waals surface area contributed by atoms with E-state index in [4.69, 9.17) is 14.2 Å². The number of alkyl halides is 3. The lowest BCUT2D eigenvalue weighted by molar-refractivity contribution is -0.234. The fraction of sp³-hybridized carbons (Fsp3) is 0.816. The lowest BCUT2D eigenvalue weighted by Crippen LogP contribution is -2.65. The number of esters is 3. The van der Waals surface area contributed by atoms with Gasteiger partial charge < -0.3 is 24.4 Å². The molecule has 0 aromatic rings. The van der Waals surface area contributed by atoms with Crippen LogP contribution in [0.1, 0.15) is 121 Å². The number of carbonyl (C=O) groups is 3. The van der Waals surface area contributed by atoms with Crippen LogP contribution in [-0.2, 0) is 28.6 Å². The van der Waals surface area contributed by atoms with Gasteiger partial charge in [-0.05, 0) is 131 Å². The summed E-state index contributed by atoms with van der Waals surface area (Å²) in [4.78, 5) is 38.9. The van der Waals surface area contributed by atoms with Gasteiger partial charge in [0, 0.05) is 18.1 Å². The molecule has 2 unspecified atom stereocenters. The van der Waals surface area contributed by atoms with E-state index in [1.165, 1.54) is 20.8 Å². The van der Waals surface area contributed by atoms with Crippen LogP contribution in [0.2, 0.25) is 0 Å². The summed E-state index contributed by atoms with van der Waals surface area (Å²) < 4.78 is 58.9. The number of halogens is 3. The molecule has 4 aliphatic rings. The number of hydrogen-bond donors (Lipinski definition) is 2. The Labute approximate surface area is 289 Å². The maximum atomic E-state index is 14.1. The summed E-state index contributed by atoms with van der Waals surface area (Å²) in [6, 6.07) is 0. The van der Waals surface area contributed by atoms with Gasteiger partial charge in [0.2, 0.25) is 6.79 Å². The topological polar surface area (TPSA) is 119 Å². The third-order valence-corrected chi connectivity index (χ3v) is 13.2. The standard InChI is InChI=1S/C38H57F3O8/c1-20(2)24(38(39,40)41)12-11-23(32(45)47-19-48-33(46)34(5,6)7)30-26-17-28(44)31-35(8)15-14-27(43)21(3)25(35)13-16-36(31,9)37(26,10)18-29(30)49-22(4)42/h21,25-29,31,43-44H,11-19H2,1-10H3/b30-23-/t21-,25?,26?,27+,28+,29-,31-,35-,36-,37-/m0/s1. The Morgan fingerprint density at radius 3 is 2.08 bits per heavy atom. The molecule has 49 heavy (non-hydrogen) atoms. The molecule has 0 aromatic carbocycles. The van der Waals surface area contributed by atoms with Crippen LogP contribution in [0, 0.1) is 45.3 Å². The molecule has 4 saturated carbocycles. The lowest BCUT2D eigenvalue weighted by atomic mass is 9.36. The Kier molecular flexibility index (Phi) is 10.9. The van der Waals surface area contributed by atoms with Crippen LogP contribution in [0.5, 0.6) is 0 Å². The van der Waals surface area contributed by atoms with Gasteiger partial charge in [-0.3, -0.25) is 9.59 Å². The fourth-order valence-electron chi connectivity index (χ4n) is 10.6. The second-order valence-electron chi connectivity index (χ2n) is 17.2. The summed E-state index contributed by atoms with van der Waals surface area (Å²) in [5, 5.41) is 22.9. The number of aliphatic hydroxyl groups excluding tert-OH is 2. The molecular formula is C38H57F3O8. The first-order chi connectivity index (χ1) is 22.4. The number of allylic oxidation sites excluding steroid dienone is 2. The van der Waals surface area contributed by atoms with Crippen LogP contribution >= 0.6 is 0 Å². The van der Waals surface area contributed by atoms with Crippen molar-refractivity contribution in [3.8, 4) is 0 Å². The van der Waals surface area contributed by atoms with Gasteiger partial charge in [0.1, 0.15) is 6.10 Å². The van der Waals surface area contributed by atoms with E-state index in [1.807, 2.05) is 0 Å². The van der Waals surface area contributed by atoms with E-state index in [1.54, 1.807) is 20.8 Å². The maximum absolute atomic E-state index is 14.1. The minimum Gasteiger partial charge on any atom is -0.458 e. The molecular weight excluding hydrogens is 641 g/mol. The Bertz CT molecular complexity index is 1370. The number of carbonyl (C=O) groups excluding carboxylic acids is 3. The van der Waals surface area contributed by atoms with Gasteiger partial charge in [-0.25, -0.2) is 4.79 Å². The largest absolute Gasteiger partial charge is 0.458 e.